The zero-order valence-corrected chi connectivity index (χ0v) is 21.2. The number of methoxy groups -OCH3 is 1. The van der Waals surface area contributed by atoms with Gasteiger partial charge >= 0.3 is 5.97 Å². The van der Waals surface area contributed by atoms with Crippen molar-refractivity contribution in [2.24, 2.45) is 0 Å². The molecule has 0 radical (unpaired) electrons. The molecule has 36 heavy (non-hydrogen) atoms. The van der Waals surface area contributed by atoms with Crippen molar-refractivity contribution >= 4 is 21.9 Å². The maximum Gasteiger partial charge on any atom is 0.328 e. The van der Waals surface area contributed by atoms with E-state index in [9.17, 15) is 23.1 Å². The number of aliphatic hydroxyl groups is 1. The molecular formula is C25H30N4O6S. The highest BCUT2D eigenvalue weighted by Gasteiger charge is 2.34. The van der Waals surface area contributed by atoms with Gasteiger partial charge in [-0.15, -0.1) is 0 Å². The summed E-state index contributed by atoms with van der Waals surface area (Å²) in [6, 6.07) is 13.2. The minimum Gasteiger partial charge on any atom is -0.467 e. The first kappa shape index (κ1) is 27.1. The molecule has 1 aromatic heterocycles. The van der Waals surface area contributed by atoms with Crippen molar-refractivity contribution in [2.45, 2.75) is 36.9 Å². The van der Waals surface area contributed by atoms with Gasteiger partial charge in [0.05, 0.1) is 30.6 Å². The highest BCUT2D eigenvalue weighted by molar-refractivity contribution is 7.89. The molecule has 0 fully saturated rings. The first-order chi connectivity index (χ1) is 17.1. The first-order valence-electron chi connectivity index (χ1n) is 11.2. The Morgan fingerprint density at radius 3 is 2.42 bits per heavy atom. The Morgan fingerprint density at radius 1 is 1.14 bits per heavy atom. The van der Waals surface area contributed by atoms with Gasteiger partial charge in [0.25, 0.3) is 0 Å². The molecule has 10 nitrogen and oxygen atoms in total. The van der Waals surface area contributed by atoms with Crippen LogP contribution in [0.25, 0.3) is 0 Å². The number of hydrogen-bond acceptors (Lipinski definition) is 7. The van der Waals surface area contributed by atoms with E-state index in [0.717, 1.165) is 16.0 Å². The third kappa shape index (κ3) is 6.78. The van der Waals surface area contributed by atoms with Crippen molar-refractivity contribution in [3.05, 3.63) is 83.9 Å². The number of nitrogens with zero attached hydrogens (tertiary/aromatic N) is 3. The van der Waals surface area contributed by atoms with E-state index in [1.807, 2.05) is 41.8 Å². The summed E-state index contributed by atoms with van der Waals surface area (Å²) in [4.78, 5) is 31.1. The zero-order chi connectivity index (χ0) is 26.3. The van der Waals surface area contributed by atoms with Crippen LogP contribution in [0.5, 0.6) is 0 Å². The second-order valence-corrected chi connectivity index (χ2v) is 10.1. The number of likely N-dealkylation sites (N-methyl/N-ethyl adjacent to an activating group) is 1. The minimum atomic E-state index is -4.09. The van der Waals surface area contributed by atoms with Crippen molar-refractivity contribution in [3.8, 4) is 0 Å². The van der Waals surface area contributed by atoms with E-state index in [-0.39, 0.29) is 11.3 Å². The molecule has 0 unspecified atom stereocenters. The molecule has 2 N–H and O–H groups in total. The van der Waals surface area contributed by atoms with Gasteiger partial charge in [0.15, 0.2) is 0 Å². The van der Waals surface area contributed by atoms with Crippen LogP contribution < -0.4 is 4.72 Å². The number of sulfonamides is 1. The number of hydrogen-bond donors (Lipinski definition) is 2. The Morgan fingerprint density at radius 2 is 1.81 bits per heavy atom. The quantitative estimate of drug-likeness (QED) is 0.367. The highest BCUT2D eigenvalue weighted by atomic mass is 32.2. The molecule has 0 saturated heterocycles. The SMILES string of the molecule is COC(=O)[C@H](Cc1cn(Cc2ccccc2)cn1)N(C)C(=O)[C@H](CO)NS(=O)(=O)c1ccc(C)cc1. The zero-order valence-electron chi connectivity index (χ0n) is 20.4. The molecule has 3 aromatic rings. The topological polar surface area (TPSA) is 131 Å². The molecule has 2 atom stereocenters. The normalized spacial score (nSPS) is 13.1. The number of aliphatic hydroxyl groups excluding tert-OH is 1. The molecule has 0 spiro atoms. The monoisotopic (exact) mass is 514 g/mol. The first-order valence-corrected chi connectivity index (χ1v) is 12.7. The second-order valence-electron chi connectivity index (χ2n) is 8.38. The lowest BCUT2D eigenvalue weighted by molar-refractivity contribution is -0.152. The van der Waals surface area contributed by atoms with Gasteiger partial charge in [0.1, 0.15) is 12.1 Å². The van der Waals surface area contributed by atoms with Crippen LogP contribution in [-0.4, -0.2) is 72.7 Å². The molecule has 11 heteroatoms. The molecule has 192 valence electrons. The molecule has 0 aliphatic rings. The Hall–Kier alpha value is -3.54. The molecule has 0 saturated carbocycles. The van der Waals surface area contributed by atoms with Crippen LogP contribution in [-0.2, 0) is 37.3 Å². The van der Waals surface area contributed by atoms with E-state index < -0.39 is 40.6 Å². The van der Waals surface area contributed by atoms with Crippen molar-refractivity contribution in [1.82, 2.24) is 19.2 Å². The number of ether oxygens (including phenoxy) is 1. The lowest BCUT2D eigenvalue weighted by atomic mass is 10.1. The molecule has 0 aliphatic heterocycles. The summed E-state index contributed by atoms with van der Waals surface area (Å²) in [6.45, 7) is 1.60. The lowest BCUT2D eigenvalue weighted by Gasteiger charge is -2.29. The fourth-order valence-corrected chi connectivity index (χ4v) is 4.82. The van der Waals surface area contributed by atoms with E-state index in [1.165, 1.54) is 26.3 Å². The van der Waals surface area contributed by atoms with Gasteiger partial charge in [0, 0.05) is 26.2 Å². The van der Waals surface area contributed by atoms with E-state index in [1.54, 1.807) is 24.7 Å². The summed E-state index contributed by atoms with van der Waals surface area (Å²) in [5.41, 5.74) is 2.49. The number of aryl methyl sites for hydroxylation is 1. The van der Waals surface area contributed by atoms with Crippen LogP contribution in [0, 0.1) is 6.92 Å². The summed E-state index contributed by atoms with van der Waals surface area (Å²) >= 11 is 0. The van der Waals surface area contributed by atoms with Gasteiger partial charge in [-0.1, -0.05) is 48.0 Å². The van der Waals surface area contributed by atoms with Crippen molar-refractivity contribution in [3.63, 3.8) is 0 Å². The van der Waals surface area contributed by atoms with E-state index in [0.29, 0.717) is 12.2 Å². The molecule has 2 aromatic carbocycles. The Balaban J connectivity index is 1.74. The number of imidazole rings is 1. The third-order valence-electron chi connectivity index (χ3n) is 5.69. The number of carbonyl (C=O) groups excluding carboxylic acids is 2. The van der Waals surface area contributed by atoms with Gasteiger partial charge in [-0.05, 0) is 24.6 Å². The van der Waals surface area contributed by atoms with Crippen LogP contribution in [0.2, 0.25) is 0 Å². The lowest BCUT2D eigenvalue weighted by Crippen LogP contribution is -2.54. The van der Waals surface area contributed by atoms with Gasteiger partial charge in [0.2, 0.25) is 15.9 Å². The number of benzene rings is 2. The van der Waals surface area contributed by atoms with E-state index in [2.05, 4.69) is 9.71 Å². The third-order valence-corrected chi connectivity index (χ3v) is 7.18. The van der Waals surface area contributed by atoms with E-state index in [4.69, 9.17) is 4.74 Å². The van der Waals surface area contributed by atoms with Crippen molar-refractivity contribution in [2.75, 3.05) is 20.8 Å². The van der Waals surface area contributed by atoms with Crippen LogP contribution in [0.15, 0.2) is 72.0 Å². The number of rotatable bonds is 11. The number of amides is 1. The molecule has 0 bridgehead atoms. The summed E-state index contributed by atoms with van der Waals surface area (Å²) in [6.07, 6.45) is 3.44. The molecular weight excluding hydrogens is 484 g/mol. The Kier molecular flexibility index (Phi) is 8.97. The predicted octanol–water partition coefficient (Wildman–Crippen LogP) is 1.12. The van der Waals surface area contributed by atoms with Crippen LogP contribution in [0.1, 0.15) is 16.8 Å². The smallest absolute Gasteiger partial charge is 0.328 e. The van der Waals surface area contributed by atoms with Crippen LogP contribution in [0.3, 0.4) is 0 Å². The van der Waals surface area contributed by atoms with Crippen LogP contribution in [0.4, 0.5) is 0 Å². The predicted molar refractivity (Wildman–Crippen MR) is 132 cm³/mol. The van der Waals surface area contributed by atoms with Gasteiger partial charge in [-0.2, -0.15) is 4.72 Å². The number of nitrogens with one attached hydrogen (secondary N) is 1. The second kappa shape index (κ2) is 11.9. The summed E-state index contributed by atoms with van der Waals surface area (Å²) in [5.74, 6) is -1.48. The van der Waals surface area contributed by atoms with E-state index >= 15 is 0 Å². The highest BCUT2D eigenvalue weighted by Crippen LogP contribution is 2.14. The number of carbonyl (C=O) groups is 2. The number of esters is 1. The standard InChI is InChI=1S/C25H30N4O6S/c1-18-9-11-21(12-10-18)36(33,34)27-22(16-30)24(31)28(2)23(25(32)35-3)13-20-15-29(17-26-20)14-19-7-5-4-6-8-19/h4-12,15,17,22-23,27,30H,13-14,16H2,1-3H3/t22-,23-/m0/s1. The molecule has 3 rings (SSSR count). The fraction of sp³-hybridized carbons (Fsp3) is 0.320. The maximum absolute atomic E-state index is 13.1. The summed E-state index contributed by atoms with van der Waals surface area (Å²) < 4.78 is 34.5. The van der Waals surface area contributed by atoms with Gasteiger partial charge < -0.3 is 19.3 Å². The molecule has 0 aliphatic carbocycles. The average molecular weight is 515 g/mol. The summed E-state index contributed by atoms with van der Waals surface area (Å²) in [7, 11) is -1.54. The van der Waals surface area contributed by atoms with Crippen LogP contribution >= 0.6 is 0 Å². The average Bonchev–Trinajstić information content (AvgIpc) is 3.32. The number of aromatic nitrogens is 2. The van der Waals surface area contributed by atoms with Crippen molar-refractivity contribution < 1.29 is 27.9 Å². The fourth-order valence-electron chi connectivity index (χ4n) is 3.64. The Labute approximate surface area is 210 Å². The largest absolute Gasteiger partial charge is 0.467 e. The Bertz CT molecular complexity index is 1280. The minimum absolute atomic E-state index is 0.0412. The van der Waals surface area contributed by atoms with Crippen molar-refractivity contribution in [1.29, 1.82) is 0 Å². The molecule has 1 amide bonds. The van der Waals surface area contributed by atoms with Gasteiger partial charge in [-0.3, -0.25) is 4.79 Å². The molecule has 1 heterocycles. The summed E-state index contributed by atoms with van der Waals surface area (Å²) in [5, 5.41) is 9.80. The van der Waals surface area contributed by atoms with Gasteiger partial charge in [-0.25, -0.2) is 18.2 Å². The maximum atomic E-state index is 13.1.